The van der Waals surface area contributed by atoms with Gasteiger partial charge in [-0.25, -0.2) is 8.42 Å². The lowest BCUT2D eigenvalue weighted by atomic mass is 10.3. The van der Waals surface area contributed by atoms with Gasteiger partial charge in [0.15, 0.2) is 11.5 Å². The maximum atomic E-state index is 12.1. The van der Waals surface area contributed by atoms with Crippen molar-refractivity contribution in [3.63, 3.8) is 0 Å². The zero-order chi connectivity index (χ0) is 14.0. The van der Waals surface area contributed by atoms with E-state index in [1.807, 2.05) is 0 Å². The summed E-state index contributed by atoms with van der Waals surface area (Å²) in [6.07, 6.45) is -4.96. The summed E-state index contributed by atoms with van der Waals surface area (Å²) in [5.74, 6) is -0.982. The van der Waals surface area contributed by atoms with E-state index in [0.29, 0.717) is 6.07 Å². The predicted octanol–water partition coefficient (Wildman–Crippen LogP) is 2.91. The molecule has 1 rings (SSSR count). The van der Waals surface area contributed by atoms with Crippen LogP contribution in [0.25, 0.3) is 0 Å². The molecule has 1 aromatic rings. The lowest BCUT2D eigenvalue weighted by Gasteiger charge is -2.13. The van der Waals surface area contributed by atoms with Gasteiger partial charge in [0.25, 0.3) is 9.05 Å². The standard InChI is InChI=1S/C9H8ClF3O4S/c1-2-16-7-4-3-6(18(10,14)15)5-8(7)17-9(11,12)13/h3-5H,2H2,1H3. The zero-order valence-electron chi connectivity index (χ0n) is 8.99. The van der Waals surface area contributed by atoms with Crippen molar-refractivity contribution in [2.75, 3.05) is 6.61 Å². The number of hydrogen-bond acceptors (Lipinski definition) is 4. The van der Waals surface area contributed by atoms with Gasteiger partial charge < -0.3 is 9.47 Å². The van der Waals surface area contributed by atoms with E-state index in [-0.39, 0.29) is 12.4 Å². The van der Waals surface area contributed by atoms with Crippen LogP contribution in [0.3, 0.4) is 0 Å². The molecule has 0 bridgehead atoms. The smallest absolute Gasteiger partial charge is 0.490 e. The van der Waals surface area contributed by atoms with Crippen molar-refractivity contribution in [1.82, 2.24) is 0 Å². The summed E-state index contributed by atoms with van der Waals surface area (Å²) in [6, 6.07) is 2.72. The normalized spacial score (nSPS) is 12.3. The molecule has 1 aromatic carbocycles. The average molecular weight is 305 g/mol. The molecule has 0 aliphatic heterocycles. The van der Waals surface area contributed by atoms with Crippen LogP contribution >= 0.6 is 10.7 Å². The van der Waals surface area contributed by atoms with Gasteiger partial charge in [-0.15, -0.1) is 13.2 Å². The van der Waals surface area contributed by atoms with E-state index in [4.69, 9.17) is 15.4 Å². The number of rotatable bonds is 4. The summed E-state index contributed by atoms with van der Waals surface area (Å²) in [4.78, 5) is -0.508. The van der Waals surface area contributed by atoms with E-state index >= 15 is 0 Å². The number of benzene rings is 1. The second-order valence-corrected chi connectivity index (χ2v) is 5.59. The molecule has 0 saturated carbocycles. The van der Waals surface area contributed by atoms with Gasteiger partial charge in [-0.3, -0.25) is 0 Å². The Kier molecular flexibility index (Phi) is 4.33. The molecule has 0 fully saturated rings. The third-order valence-electron chi connectivity index (χ3n) is 1.72. The van der Waals surface area contributed by atoms with Crippen LogP contribution < -0.4 is 9.47 Å². The van der Waals surface area contributed by atoms with Gasteiger partial charge in [0.1, 0.15) is 0 Å². The topological polar surface area (TPSA) is 52.6 Å². The zero-order valence-corrected chi connectivity index (χ0v) is 10.6. The summed E-state index contributed by atoms with van der Waals surface area (Å²) >= 11 is 0. The Bertz CT molecular complexity index is 527. The monoisotopic (exact) mass is 304 g/mol. The molecule has 0 unspecified atom stereocenters. The van der Waals surface area contributed by atoms with Crippen LogP contribution in [0.1, 0.15) is 6.92 Å². The molecule has 0 aromatic heterocycles. The molecule has 0 aliphatic carbocycles. The van der Waals surface area contributed by atoms with E-state index in [1.54, 1.807) is 6.92 Å². The maximum Gasteiger partial charge on any atom is 0.573 e. The predicted molar refractivity (Wildman–Crippen MR) is 57.3 cm³/mol. The minimum absolute atomic E-state index is 0.0984. The van der Waals surface area contributed by atoms with E-state index < -0.39 is 26.1 Å². The van der Waals surface area contributed by atoms with E-state index in [9.17, 15) is 21.6 Å². The summed E-state index contributed by atoms with van der Waals surface area (Å²) in [5, 5.41) is 0. The largest absolute Gasteiger partial charge is 0.573 e. The van der Waals surface area contributed by atoms with Crippen LogP contribution in [-0.4, -0.2) is 21.4 Å². The number of alkyl halides is 3. The molecule has 0 heterocycles. The maximum absolute atomic E-state index is 12.1. The Morgan fingerprint density at radius 2 is 1.89 bits per heavy atom. The molecule has 0 radical (unpaired) electrons. The second kappa shape index (κ2) is 5.23. The van der Waals surface area contributed by atoms with Crippen molar-refractivity contribution in [2.24, 2.45) is 0 Å². The highest BCUT2D eigenvalue weighted by Gasteiger charge is 2.33. The molecular weight excluding hydrogens is 297 g/mol. The van der Waals surface area contributed by atoms with Crippen LogP contribution in [0.15, 0.2) is 23.1 Å². The Labute approximate surface area is 106 Å². The summed E-state index contributed by atoms with van der Waals surface area (Å²) in [7, 11) is 0.882. The molecule has 0 aliphatic rings. The first-order valence-electron chi connectivity index (χ1n) is 4.60. The molecular formula is C9H8ClF3O4S. The molecule has 4 nitrogen and oxygen atoms in total. The Balaban J connectivity index is 3.24. The first kappa shape index (κ1) is 14.9. The quantitative estimate of drug-likeness (QED) is 0.803. The van der Waals surface area contributed by atoms with E-state index in [2.05, 4.69) is 4.74 Å². The van der Waals surface area contributed by atoms with E-state index in [0.717, 1.165) is 12.1 Å². The van der Waals surface area contributed by atoms with Crippen LogP contribution in [-0.2, 0) is 9.05 Å². The Hall–Kier alpha value is -1.15. The molecule has 0 saturated heterocycles. The minimum atomic E-state index is -4.96. The minimum Gasteiger partial charge on any atom is -0.490 e. The van der Waals surface area contributed by atoms with Crippen LogP contribution in [0, 0.1) is 0 Å². The van der Waals surface area contributed by atoms with Gasteiger partial charge in [0, 0.05) is 16.7 Å². The average Bonchev–Trinajstić information content (AvgIpc) is 2.17. The van der Waals surface area contributed by atoms with Gasteiger partial charge in [-0.05, 0) is 19.1 Å². The van der Waals surface area contributed by atoms with Crippen LogP contribution in [0.2, 0.25) is 0 Å². The fourth-order valence-corrected chi connectivity index (χ4v) is 1.89. The highest BCUT2D eigenvalue weighted by atomic mass is 35.7. The van der Waals surface area contributed by atoms with Gasteiger partial charge in [0.05, 0.1) is 11.5 Å². The van der Waals surface area contributed by atoms with E-state index in [1.165, 1.54) is 0 Å². The number of hydrogen-bond donors (Lipinski definition) is 0. The molecule has 0 spiro atoms. The molecule has 0 amide bonds. The van der Waals surface area contributed by atoms with Gasteiger partial charge in [0.2, 0.25) is 0 Å². The van der Waals surface area contributed by atoms with Crippen molar-refractivity contribution in [3.05, 3.63) is 18.2 Å². The van der Waals surface area contributed by atoms with Crippen LogP contribution in [0.4, 0.5) is 13.2 Å². The highest BCUT2D eigenvalue weighted by Crippen LogP contribution is 2.35. The van der Waals surface area contributed by atoms with Crippen LogP contribution in [0.5, 0.6) is 11.5 Å². The fourth-order valence-electron chi connectivity index (χ4n) is 1.12. The summed E-state index contributed by atoms with van der Waals surface area (Å²) < 4.78 is 67.0. The lowest BCUT2D eigenvalue weighted by Crippen LogP contribution is -2.18. The second-order valence-electron chi connectivity index (χ2n) is 3.03. The third-order valence-corrected chi connectivity index (χ3v) is 3.07. The lowest BCUT2D eigenvalue weighted by molar-refractivity contribution is -0.275. The van der Waals surface area contributed by atoms with Crippen molar-refractivity contribution in [2.45, 2.75) is 18.2 Å². The SMILES string of the molecule is CCOc1ccc(S(=O)(=O)Cl)cc1OC(F)(F)F. The highest BCUT2D eigenvalue weighted by molar-refractivity contribution is 8.13. The summed E-state index contributed by atoms with van der Waals surface area (Å²) in [5.41, 5.74) is 0. The van der Waals surface area contributed by atoms with Gasteiger partial charge >= 0.3 is 6.36 Å². The molecule has 18 heavy (non-hydrogen) atoms. The van der Waals surface area contributed by atoms with Gasteiger partial charge in [-0.1, -0.05) is 0 Å². The molecule has 0 atom stereocenters. The number of ether oxygens (including phenoxy) is 2. The van der Waals surface area contributed by atoms with Gasteiger partial charge in [-0.2, -0.15) is 0 Å². The molecule has 102 valence electrons. The number of halogens is 4. The Morgan fingerprint density at radius 3 is 2.33 bits per heavy atom. The van der Waals surface area contributed by atoms with Crippen molar-refractivity contribution < 1.29 is 31.1 Å². The van der Waals surface area contributed by atoms with Crippen molar-refractivity contribution >= 4 is 19.7 Å². The Morgan fingerprint density at radius 1 is 1.28 bits per heavy atom. The third kappa shape index (κ3) is 4.26. The van der Waals surface area contributed by atoms with Crippen molar-refractivity contribution in [1.29, 1.82) is 0 Å². The molecule has 9 heteroatoms. The first-order valence-corrected chi connectivity index (χ1v) is 6.91. The molecule has 0 N–H and O–H groups in total. The summed E-state index contributed by atoms with van der Waals surface area (Å²) in [6.45, 7) is 1.66. The van der Waals surface area contributed by atoms with Crippen molar-refractivity contribution in [3.8, 4) is 11.5 Å². The first-order chi connectivity index (χ1) is 8.13. The fraction of sp³-hybridized carbons (Fsp3) is 0.333.